The molecule has 10 heteroatoms. The lowest BCUT2D eigenvalue weighted by molar-refractivity contribution is -0.119. The maximum Gasteiger partial charge on any atom is 0.409 e. The SMILES string of the molecule is CCOC(=O)N1CCC(NC(=O)CSc2nnc(-c3cccs3)n2Cc2ccccc2)CC1. The molecule has 0 atom stereocenters. The third kappa shape index (κ3) is 6.14. The van der Waals surface area contributed by atoms with Crippen molar-refractivity contribution < 1.29 is 14.3 Å². The van der Waals surface area contributed by atoms with Crippen molar-refractivity contribution in [2.45, 2.75) is 37.5 Å². The van der Waals surface area contributed by atoms with Crippen molar-refractivity contribution in [3.05, 3.63) is 53.4 Å². The summed E-state index contributed by atoms with van der Waals surface area (Å²) in [5.41, 5.74) is 1.15. The van der Waals surface area contributed by atoms with Gasteiger partial charge < -0.3 is 15.0 Å². The van der Waals surface area contributed by atoms with E-state index in [0.29, 0.717) is 26.2 Å². The van der Waals surface area contributed by atoms with Crippen molar-refractivity contribution in [2.75, 3.05) is 25.4 Å². The molecular weight excluding hydrogens is 458 g/mol. The van der Waals surface area contributed by atoms with Crippen molar-refractivity contribution in [1.29, 1.82) is 0 Å². The molecule has 0 saturated carbocycles. The molecule has 0 unspecified atom stereocenters. The van der Waals surface area contributed by atoms with Gasteiger partial charge in [-0.25, -0.2) is 4.79 Å². The van der Waals surface area contributed by atoms with Crippen LogP contribution >= 0.6 is 23.1 Å². The summed E-state index contributed by atoms with van der Waals surface area (Å²) < 4.78 is 7.12. The van der Waals surface area contributed by atoms with Crippen LogP contribution in [-0.4, -0.2) is 63.2 Å². The highest BCUT2D eigenvalue weighted by Gasteiger charge is 2.25. The minimum absolute atomic E-state index is 0.0403. The second-order valence-corrected chi connectivity index (χ2v) is 9.56. The number of nitrogens with one attached hydrogen (secondary N) is 1. The highest BCUT2D eigenvalue weighted by Crippen LogP contribution is 2.28. The first kappa shape index (κ1) is 23.3. The van der Waals surface area contributed by atoms with Gasteiger partial charge in [-0.2, -0.15) is 0 Å². The van der Waals surface area contributed by atoms with E-state index in [0.717, 1.165) is 34.3 Å². The Morgan fingerprint density at radius 1 is 1.15 bits per heavy atom. The Morgan fingerprint density at radius 3 is 2.64 bits per heavy atom. The Hall–Kier alpha value is -2.85. The van der Waals surface area contributed by atoms with Crippen molar-refractivity contribution in [2.24, 2.45) is 0 Å². The van der Waals surface area contributed by atoms with Gasteiger partial charge in [0.25, 0.3) is 0 Å². The number of rotatable bonds is 8. The second kappa shape index (κ2) is 11.3. The fraction of sp³-hybridized carbons (Fsp3) is 0.391. The number of piperidine rings is 1. The summed E-state index contributed by atoms with van der Waals surface area (Å²) in [4.78, 5) is 27.2. The van der Waals surface area contributed by atoms with Gasteiger partial charge in [-0.1, -0.05) is 48.2 Å². The van der Waals surface area contributed by atoms with Crippen LogP contribution in [0.2, 0.25) is 0 Å². The van der Waals surface area contributed by atoms with E-state index < -0.39 is 0 Å². The lowest BCUT2D eigenvalue weighted by Crippen LogP contribution is -2.47. The fourth-order valence-corrected chi connectivity index (χ4v) is 5.18. The Morgan fingerprint density at radius 2 is 1.94 bits per heavy atom. The second-order valence-electron chi connectivity index (χ2n) is 7.67. The van der Waals surface area contributed by atoms with Gasteiger partial charge in [0.1, 0.15) is 0 Å². The van der Waals surface area contributed by atoms with E-state index in [1.807, 2.05) is 35.7 Å². The summed E-state index contributed by atoms with van der Waals surface area (Å²) in [7, 11) is 0. The lowest BCUT2D eigenvalue weighted by Gasteiger charge is -2.31. The van der Waals surface area contributed by atoms with E-state index in [2.05, 4.69) is 32.2 Å². The third-order valence-electron chi connectivity index (χ3n) is 5.36. The average molecular weight is 486 g/mol. The average Bonchev–Trinajstić information content (AvgIpc) is 3.49. The smallest absolute Gasteiger partial charge is 0.409 e. The number of aromatic nitrogens is 3. The van der Waals surface area contributed by atoms with Gasteiger partial charge in [0.15, 0.2) is 11.0 Å². The van der Waals surface area contributed by atoms with E-state index in [1.165, 1.54) is 11.8 Å². The zero-order valence-corrected chi connectivity index (χ0v) is 20.1. The van der Waals surface area contributed by atoms with Crippen molar-refractivity contribution in [3.8, 4) is 10.7 Å². The van der Waals surface area contributed by atoms with Gasteiger partial charge in [0, 0.05) is 19.1 Å². The number of benzene rings is 1. The molecule has 1 aliphatic heterocycles. The highest BCUT2D eigenvalue weighted by atomic mass is 32.2. The number of carbonyl (C=O) groups is 2. The number of hydrogen-bond donors (Lipinski definition) is 1. The molecule has 3 heterocycles. The molecule has 174 valence electrons. The largest absolute Gasteiger partial charge is 0.450 e. The maximum absolute atomic E-state index is 12.6. The predicted octanol–water partition coefficient (Wildman–Crippen LogP) is 3.88. The molecular formula is C23H27N5O3S2. The van der Waals surface area contributed by atoms with Gasteiger partial charge in [0.2, 0.25) is 5.91 Å². The molecule has 1 aromatic carbocycles. The van der Waals surface area contributed by atoms with E-state index in [4.69, 9.17) is 4.74 Å². The summed E-state index contributed by atoms with van der Waals surface area (Å²) in [6, 6.07) is 14.2. The quantitative estimate of drug-likeness (QED) is 0.487. The molecule has 2 amide bonds. The number of nitrogens with zero attached hydrogens (tertiary/aromatic N) is 4. The van der Waals surface area contributed by atoms with Crippen LogP contribution in [0.15, 0.2) is 53.0 Å². The Bertz CT molecular complexity index is 1050. The number of hydrogen-bond acceptors (Lipinski definition) is 7. The molecule has 33 heavy (non-hydrogen) atoms. The Balaban J connectivity index is 1.35. The summed E-state index contributed by atoms with van der Waals surface area (Å²) in [5.74, 6) is 1.03. The standard InChI is InChI=1S/C23H27N5O3S2/c1-2-31-23(30)27-12-10-18(11-13-27)24-20(29)16-33-22-26-25-21(19-9-6-14-32-19)28(22)15-17-7-4-3-5-8-17/h3-9,14,18H,2,10-13,15-16H2,1H3,(H,24,29). The summed E-state index contributed by atoms with van der Waals surface area (Å²) in [6.45, 7) is 3.98. The molecule has 8 nitrogen and oxygen atoms in total. The molecule has 0 spiro atoms. The summed E-state index contributed by atoms with van der Waals surface area (Å²) >= 11 is 3.01. The molecule has 1 fully saturated rings. The first-order valence-electron chi connectivity index (χ1n) is 11.0. The fourth-order valence-electron chi connectivity index (χ4n) is 3.71. The number of thiophene rings is 1. The van der Waals surface area contributed by atoms with E-state index in [-0.39, 0.29) is 23.8 Å². The summed E-state index contributed by atoms with van der Waals surface area (Å²) in [5, 5.41) is 14.6. The van der Waals surface area contributed by atoms with Crippen LogP contribution in [0.4, 0.5) is 4.79 Å². The van der Waals surface area contributed by atoms with Crippen LogP contribution < -0.4 is 5.32 Å². The summed E-state index contributed by atoms with van der Waals surface area (Å²) in [6.07, 6.45) is 1.17. The van der Waals surface area contributed by atoms with Crippen LogP contribution in [0.1, 0.15) is 25.3 Å². The molecule has 0 radical (unpaired) electrons. The lowest BCUT2D eigenvalue weighted by atomic mass is 10.1. The number of amides is 2. The zero-order valence-electron chi connectivity index (χ0n) is 18.5. The van der Waals surface area contributed by atoms with Crippen LogP contribution in [0, 0.1) is 0 Å². The van der Waals surface area contributed by atoms with Crippen molar-refractivity contribution >= 4 is 35.1 Å². The number of likely N-dealkylation sites (tertiary alicyclic amines) is 1. The van der Waals surface area contributed by atoms with E-state index >= 15 is 0 Å². The minimum Gasteiger partial charge on any atom is -0.450 e. The normalized spacial score (nSPS) is 14.3. The minimum atomic E-state index is -0.280. The number of thioether (sulfide) groups is 1. The van der Waals surface area contributed by atoms with Crippen LogP contribution in [-0.2, 0) is 16.1 Å². The van der Waals surface area contributed by atoms with Crippen molar-refractivity contribution in [1.82, 2.24) is 25.0 Å². The van der Waals surface area contributed by atoms with Gasteiger partial charge >= 0.3 is 6.09 Å². The van der Waals surface area contributed by atoms with Gasteiger partial charge in [-0.3, -0.25) is 9.36 Å². The molecule has 3 aromatic rings. The van der Waals surface area contributed by atoms with Crippen LogP contribution in [0.25, 0.3) is 10.7 Å². The van der Waals surface area contributed by atoms with Crippen molar-refractivity contribution in [3.63, 3.8) is 0 Å². The molecule has 4 rings (SSSR count). The first-order chi connectivity index (χ1) is 16.1. The number of carbonyl (C=O) groups excluding carboxylic acids is 2. The van der Waals surface area contributed by atoms with Gasteiger partial charge in [-0.05, 0) is 36.8 Å². The highest BCUT2D eigenvalue weighted by molar-refractivity contribution is 7.99. The number of ether oxygens (including phenoxy) is 1. The van der Waals surface area contributed by atoms with Gasteiger partial charge in [-0.15, -0.1) is 21.5 Å². The first-order valence-corrected chi connectivity index (χ1v) is 12.9. The molecule has 1 saturated heterocycles. The topological polar surface area (TPSA) is 89.3 Å². The predicted molar refractivity (Wildman–Crippen MR) is 129 cm³/mol. The van der Waals surface area contributed by atoms with Crippen LogP contribution in [0.3, 0.4) is 0 Å². The Labute approximate surface area is 201 Å². The maximum atomic E-state index is 12.6. The third-order valence-corrected chi connectivity index (χ3v) is 7.19. The van der Waals surface area contributed by atoms with Gasteiger partial charge in [0.05, 0.1) is 23.8 Å². The van der Waals surface area contributed by atoms with Crippen LogP contribution in [0.5, 0.6) is 0 Å². The Kier molecular flexibility index (Phi) is 8.01. The zero-order chi connectivity index (χ0) is 23.0. The molecule has 0 bridgehead atoms. The molecule has 2 aromatic heterocycles. The van der Waals surface area contributed by atoms with E-state index in [1.54, 1.807) is 23.2 Å². The molecule has 1 aliphatic rings. The molecule has 0 aliphatic carbocycles. The monoisotopic (exact) mass is 485 g/mol. The molecule has 1 N–H and O–H groups in total. The van der Waals surface area contributed by atoms with E-state index in [9.17, 15) is 9.59 Å².